The molecule has 2 aliphatic heterocycles. The van der Waals surface area contributed by atoms with E-state index in [-0.39, 0.29) is 66.6 Å². The largest absolute Gasteiger partial charge is 0.375 e. The van der Waals surface area contributed by atoms with Gasteiger partial charge in [-0.05, 0) is 25.2 Å². The SMILES string of the molecule is C[C@H]1OCCN[C@@H]1C(=O)NCCN1C(=O)C2C3C=CC(C3)C2C1=O. The Morgan fingerprint density at radius 3 is 2.58 bits per heavy atom. The predicted octanol–water partition coefficient (Wildman–Crippen LogP) is -0.713. The Bertz CT molecular complexity index is 575. The second-order valence-corrected chi connectivity index (χ2v) is 7.13. The summed E-state index contributed by atoms with van der Waals surface area (Å²) < 4.78 is 5.46. The fourth-order valence-corrected chi connectivity index (χ4v) is 4.61. The van der Waals surface area contributed by atoms with Crippen LogP contribution in [0, 0.1) is 23.7 Å². The number of allylic oxidation sites excluding steroid dienone is 2. The van der Waals surface area contributed by atoms with E-state index in [0.29, 0.717) is 13.2 Å². The van der Waals surface area contributed by atoms with Gasteiger partial charge in [0.15, 0.2) is 0 Å². The Labute approximate surface area is 140 Å². The van der Waals surface area contributed by atoms with Crippen LogP contribution in [0.1, 0.15) is 13.3 Å². The van der Waals surface area contributed by atoms with Gasteiger partial charge in [-0.2, -0.15) is 0 Å². The van der Waals surface area contributed by atoms with E-state index in [1.54, 1.807) is 0 Å². The number of hydrogen-bond acceptors (Lipinski definition) is 5. The van der Waals surface area contributed by atoms with Crippen LogP contribution >= 0.6 is 0 Å². The van der Waals surface area contributed by atoms with Crippen LogP contribution in [0.4, 0.5) is 0 Å². The summed E-state index contributed by atoms with van der Waals surface area (Å²) in [5, 5.41) is 5.94. The Morgan fingerprint density at radius 2 is 1.96 bits per heavy atom. The molecule has 2 bridgehead atoms. The summed E-state index contributed by atoms with van der Waals surface area (Å²) in [7, 11) is 0. The van der Waals surface area contributed by atoms with E-state index in [4.69, 9.17) is 4.74 Å². The Morgan fingerprint density at radius 1 is 1.29 bits per heavy atom. The molecule has 6 atom stereocenters. The van der Waals surface area contributed by atoms with E-state index in [2.05, 4.69) is 22.8 Å². The Hall–Kier alpha value is -1.73. The highest BCUT2D eigenvalue weighted by atomic mass is 16.5. The zero-order chi connectivity index (χ0) is 16.8. The molecule has 130 valence electrons. The van der Waals surface area contributed by atoms with Gasteiger partial charge in [-0.3, -0.25) is 19.3 Å². The molecule has 2 heterocycles. The van der Waals surface area contributed by atoms with Gasteiger partial charge in [0.05, 0.1) is 24.5 Å². The minimum atomic E-state index is -0.386. The fourth-order valence-electron chi connectivity index (χ4n) is 4.61. The molecule has 3 amide bonds. The van der Waals surface area contributed by atoms with Gasteiger partial charge in [-0.25, -0.2) is 0 Å². The molecule has 2 aliphatic carbocycles. The summed E-state index contributed by atoms with van der Waals surface area (Å²) in [6, 6.07) is -0.386. The van der Waals surface area contributed by atoms with Gasteiger partial charge in [0, 0.05) is 19.6 Å². The maximum Gasteiger partial charge on any atom is 0.239 e. The number of carbonyl (C=O) groups excluding carboxylic acids is 3. The summed E-state index contributed by atoms with van der Waals surface area (Å²) in [6.07, 6.45) is 4.91. The Kier molecular flexibility index (Phi) is 3.92. The molecule has 7 nitrogen and oxygen atoms in total. The molecule has 0 aromatic carbocycles. The van der Waals surface area contributed by atoms with E-state index in [1.165, 1.54) is 4.90 Å². The smallest absolute Gasteiger partial charge is 0.239 e. The van der Waals surface area contributed by atoms with E-state index in [9.17, 15) is 14.4 Å². The number of fused-ring (bicyclic) bond motifs is 5. The highest BCUT2D eigenvalue weighted by Crippen LogP contribution is 2.52. The van der Waals surface area contributed by atoms with E-state index < -0.39 is 0 Å². The van der Waals surface area contributed by atoms with Crippen LogP contribution in [-0.2, 0) is 19.1 Å². The van der Waals surface area contributed by atoms with Crippen LogP contribution in [0.3, 0.4) is 0 Å². The maximum absolute atomic E-state index is 12.5. The molecule has 0 radical (unpaired) electrons. The van der Waals surface area contributed by atoms with Crippen LogP contribution in [0.25, 0.3) is 0 Å². The zero-order valence-electron chi connectivity index (χ0n) is 13.7. The summed E-state index contributed by atoms with van der Waals surface area (Å²) >= 11 is 0. The van der Waals surface area contributed by atoms with Crippen molar-refractivity contribution in [3.8, 4) is 0 Å². The summed E-state index contributed by atoms with van der Waals surface area (Å²) in [6.45, 7) is 3.63. The van der Waals surface area contributed by atoms with Crippen molar-refractivity contribution in [3.63, 3.8) is 0 Å². The van der Waals surface area contributed by atoms with E-state index in [0.717, 1.165) is 6.42 Å². The molecule has 7 heteroatoms. The standard InChI is InChI=1S/C17H23N3O4/c1-9-14(18-5-7-24-9)15(21)19-4-6-20-16(22)12-10-2-3-11(8-10)13(12)17(20)23/h2-3,9-14,18H,4-8H2,1H3,(H,19,21)/t9-,10?,11?,12?,13?,14+/m1/s1. The Balaban J connectivity index is 1.31. The molecule has 4 aliphatic rings. The molecule has 2 N–H and O–H groups in total. The number of nitrogens with one attached hydrogen (secondary N) is 2. The molecule has 1 saturated carbocycles. The van der Waals surface area contributed by atoms with E-state index in [1.807, 2.05) is 6.92 Å². The number of nitrogens with zero attached hydrogens (tertiary/aromatic N) is 1. The normalized spacial score (nSPS) is 40.3. The molecule has 4 unspecified atom stereocenters. The molecule has 2 saturated heterocycles. The van der Waals surface area contributed by atoms with Gasteiger partial charge < -0.3 is 15.4 Å². The van der Waals surface area contributed by atoms with Gasteiger partial charge in [0.25, 0.3) is 0 Å². The lowest BCUT2D eigenvalue weighted by Gasteiger charge is -2.29. The lowest BCUT2D eigenvalue weighted by Crippen LogP contribution is -2.56. The maximum atomic E-state index is 12.5. The molecule has 0 aromatic heterocycles. The molecule has 0 aromatic rings. The van der Waals surface area contributed by atoms with Crippen molar-refractivity contribution < 1.29 is 19.1 Å². The third-order valence-corrected chi connectivity index (χ3v) is 5.80. The van der Waals surface area contributed by atoms with Crippen LogP contribution in [0.15, 0.2) is 12.2 Å². The number of amides is 3. The summed E-state index contributed by atoms with van der Waals surface area (Å²) in [5.41, 5.74) is 0. The zero-order valence-corrected chi connectivity index (χ0v) is 13.7. The average Bonchev–Trinajstić information content (AvgIpc) is 3.24. The highest BCUT2D eigenvalue weighted by Gasteiger charge is 2.58. The summed E-state index contributed by atoms with van der Waals surface area (Å²) in [4.78, 5) is 38.6. The molecule has 3 fully saturated rings. The first-order valence-corrected chi connectivity index (χ1v) is 8.74. The van der Waals surface area contributed by atoms with Crippen LogP contribution in [0.5, 0.6) is 0 Å². The number of likely N-dealkylation sites (tertiary alicyclic amines) is 1. The van der Waals surface area contributed by atoms with Crippen molar-refractivity contribution >= 4 is 17.7 Å². The molecular weight excluding hydrogens is 310 g/mol. The first-order chi connectivity index (χ1) is 11.6. The van der Waals surface area contributed by atoms with Gasteiger partial charge >= 0.3 is 0 Å². The summed E-state index contributed by atoms with van der Waals surface area (Å²) in [5.74, 6) is -0.176. The quantitative estimate of drug-likeness (QED) is 0.524. The number of ether oxygens (including phenoxy) is 1. The highest BCUT2D eigenvalue weighted by molar-refractivity contribution is 6.06. The van der Waals surface area contributed by atoms with E-state index >= 15 is 0 Å². The van der Waals surface area contributed by atoms with Crippen molar-refractivity contribution in [3.05, 3.63) is 12.2 Å². The van der Waals surface area contributed by atoms with Crippen LogP contribution < -0.4 is 10.6 Å². The minimum absolute atomic E-state index is 0.0661. The molecule has 0 spiro atoms. The first kappa shape index (κ1) is 15.8. The number of imide groups is 1. The van der Waals surface area contributed by atoms with Crippen molar-refractivity contribution in [1.82, 2.24) is 15.5 Å². The number of hydrogen-bond donors (Lipinski definition) is 2. The van der Waals surface area contributed by atoms with Crippen molar-refractivity contribution in [2.24, 2.45) is 23.7 Å². The molecule has 24 heavy (non-hydrogen) atoms. The van der Waals surface area contributed by atoms with Gasteiger partial charge in [-0.1, -0.05) is 12.2 Å². The fraction of sp³-hybridized carbons (Fsp3) is 0.706. The van der Waals surface area contributed by atoms with Crippen molar-refractivity contribution in [2.45, 2.75) is 25.5 Å². The number of rotatable bonds is 4. The van der Waals surface area contributed by atoms with Crippen molar-refractivity contribution in [2.75, 3.05) is 26.2 Å². The van der Waals surface area contributed by atoms with Crippen LogP contribution in [0.2, 0.25) is 0 Å². The van der Waals surface area contributed by atoms with Gasteiger partial charge in [0.2, 0.25) is 17.7 Å². The second kappa shape index (κ2) is 5.97. The number of carbonyl (C=O) groups is 3. The average molecular weight is 333 g/mol. The molecular formula is C17H23N3O4. The number of morpholine rings is 1. The lowest BCUT2D eigenvalue weighted by molar-refractivity contribution is -0.141. The van der Waals surface area contributed by atoms with Crippen LogP contribution in [-0.4, -0.2) is 61.0 Å². The first-order valence-electron chi connectivity index (χ1n) is 8.74. The van der Waals surface area contributed by atoms with Crippen molar-refractivity contribution in [1.29, 1.82) is 0 Å². The topological polar surface area (TPSA) is 87.7 Å². The monoisotopic (exact) mass is 333 g/mol. The predicted molar refractivity (Wildman–Crippen MR) is 84.7 cm³/mol. The van der Waals surface area contributed by atoms with Gasteiger partial charge in [0.1, 0.15) is 6.04 Å². The molecule has 4 rings (SSSR count). The van der Waals surface area contributed by atoms with Gasteiger partial charge in [-0.15, -0.1) is 0 Å². The lowest BCUT2D eigenvalue weighted by atomic mass is 9.85. The third-order valence-electron chi connectivity index (χ3n) is 5.80. The minimum Gasteiger partial charge on any atom is -0.375 e. The third kappa shape index (κ3) is 2.38. The second-order valence-electron chi connectivity index (χ2n) is 7.13.